The van der Waals surface area contributed by atoms with Crippen LogP contribution in [0.25, 0.3) is 0 Å². The maximum absolute atomic E-state index is 11.9. The summed E-state index contributed by atoms with van der Waals surface area (Å²) >= 11 is 4.89. The molecule has 1 saturated carbocycles. The van der Waals surface area contributed by atoms with Gasteiger partial charge >= 0.3 is 0 Å². The molecular formula is C15H20N2O2S. The SMILES string of the molecule is COC1(CNC(=O)Cc2ccc(C(N)=S)cc2)CCC1. The van der Waals surface area contributed by atoms with Gasteiger partial charge < -0.3 is 15.8 Å². The number of amides is 1. The first-order valence-electron chi connectivity index (χ1n) is 6.75. The van der Waals surface area contributed by atoms with E-state index >= 15 is 0 Å². The highest BCUT2D eigenvalue weighted by molar-refractivity contribution is 7.80. The van der Waals surface area contributed by atoms with Gasteiger partial charge in [0.15, 0.2) is 0 Å². The summed E-state index contributed by atoms with van der Waals surface area (Å²) < 4.78 is 5.47. The zero-order chi connectivity index (χ0) is 14.6. The third-order valence-corrected chi connectivity index (χ3v) is 4.14. The molecule has 1 aromatic rings. The van der Waals surface area contributed by atoms with E-state index in [0.717, 1.165) is 24.0 Å². The van der Waals surface area contributed by atoms with Gasteiger partial charge in [0.1, 0.15) is 4.99 Å². The summed E-state index contributed by atoms with van der Waals surface area (Å²) in [6.45, 7) is 0.591. The number of carbonyl (C=O) groups excluding carboxylic acids is 1. The molecule has 1 amide bonds. The highest BCUT2D eigenvalue weighted by atomic mass is 32.1. The van der Waals surface area contributed by atoms with Crippen molar-refractivity contribution in [2.75, 3.05) is 13.7 Å². The Labute approximate surface area is 124 Å². The van der Waals surface area contributed by atoms with Crippen molar-refractivity contribution < 1.29 is 9.53 Å². The zero-order valence-electron chi connectivity index (χ0n) is 11.6. The number of nitrogens with one attached hydrogen (secondary N) is 1. The van der Waals surface area contributed by atoms with Crippen LogP contribution in [0.1, 0.15) is 30.4 Å². The van der Waals surface area contributed by atoms with Crippen molar-refractivity contribution in [2.45, 2.75) is 31.3 Å². The number of ether oxygens (including phenoxy) is 1. The molecule has 0 bridgehead atoms. The smallest absolute Gasteiger partial charge is 0.224 e. The Morgan fingerprint density at radius 2 is 2.05 bits per heavy atom. The van der Waals surface area contributed by atoms with Crippen molar-refractivity contribution >= 4 is 23.1 Å². The highest BCUT2D eigenvalue weighted by Crippen LogP contribution is 2.34. The van der Waals surface area contributed by atoms with E-state index in [4.69, 9.17) is 22.7 Å². The van der Waals surface area contributed by atoms with Crippen LogP contribution in [0, 0.1) is 0 Å². The van der Waals surface area contributed by atoms with E-state index in [1.165, 1.54) is 6.42 Å². The second-order valence-electron chi connectivity index (χ2n) is 5.26. The zero-order valence-corrected chi connectivity index (χ0v) is 12.5. The molecule has 0 heterocycles. The van der Waals surface area contributed by atoms with Crippen molar-refractivity contribution in [3.05, 3.63) is 35.4 Å². The molecule has 1 aromatic carbocycles. The number of carbonyl (C=O) groups is 1. The summed E-state index contributed by atoms with van der Waals surface area (Å²) in [5.41, 5.74) is 7.17. The first-order chi connectivity index (χ1) is 9.54. The Morgan fingerprint density at radius 3 is 2.50 bits per heavy atom. The fraction of sp³-hybridized carbons (Fsp3) is 0.467. The first-order valence-corrected chi connectivity index (χ1v) is 7.16. The molecule has 0 saturated heterocycles. The lowest BCUT2D eigenvalue weighted by Crippen LogP contribution is -2.49. The molecule has 3 N–H and O–H groups in total. The minimum absolute atomic E-state index is 0.0106. The summed E-state index contributed by atoms with van der Waals surface area (Å²) in [4.78, 5) is 12.3. The molecule has 5 heteroatoms. The van der Waals surface area contributed by atoms with Crippen LogP contribution in [0.5, 0.6) is 0 Å². The molecule has 0 unspecified atom stereocenters. The lowest BCUT2D eigenvalue weighted by molar-refractivity contribution is -0.124. The normalized spacial score (nSPS) is 16.2. The fourth-order valence-corrected chi connectivity index (χ4v) is 2.45. The van der Waals surface area contributed by atoms with Crippen LogP contribution in [0.2, 0.25) is 0 Å². The van der Waals surface area contributed by atoms with Gasteiger partial charge in [0.25, 0.3) is 0 Å². The van der Waals surface area contributed by atoms with Crippen molar-refractivity contribution in [3.63, 3.8) is 0 Å². The molecule has 4 nitrogen and oxygen atoms in total. The predicted octanol–water partition coefficient (Wildman–Crippen LogP) is 1.55. The number of hydrogen-bond donors (Lipinski definition) is 2. The van der Waals surface area contributed by atoms with Gasteiger partial charge in [0.05, 0.1) is 12.0 Å². The Kier molecular flexibility index (Phi) is 4.73. The fourth-order valence-electron chi connectivity index (χ4n) is 2.32. The van der Waals surface area contributed by atoms with E-state index in [2.05, 4.69) is 5.32 Å². The molecule has 1 fully saturated rings. The van der Waals surface area contributed by atoms with Gasteiger partial charge in [-0.05, 0) is 24.8 Å². The van der Waals surface area contributed by atoms with E-state index in [9.17, 15) is 4.79 Å². The van der Waals surface area contributed by atoms with Gasteiger partial charge in [-0.3, -0.25) is 4.79 Å². The van der Waals surface area contributed by atoms with Crippen LogP contribution >= 0.6 is 12.2 Å². The molecule has 108 valence electrons. The second kappa shape index (κ2) is 6.33. The molecule has 2 rings (SSSR count). The molecule has 0 atom stereocenters. The van der Waals surface area contributed by atoms with E-state index in [1.54, 1.807) is 7.11 Å². The highest BCUT2D eigenvalue weighted by Gasteiger charge is 2.37. The van der Waals surface area contributed by atoms with Crippen LogP contribution in [0.4, 0.5) is 0 Å². The van der Waals surface area contributed by atoms with Gasteiger partial charge in [0.2, 0.25) is 5.91 Å². The van der Waals surface area contributed by atoms with Gasteiger partial charge in [-0.25, -0.2) is 0 Å². The second-order valence-corrected chi connectivity index (χ2v) is 5.70. The largest absolute Gasteiger partial charge is 0.389 e. The molecule has 1 aliphatic rings. The lowest BCUT2D eigenvalue weighted by atomic mass is 9.80. The first kappa shape index (κ1) is 14.9. The van der Waals surface area contributed by atoms with Crippen LogP contribution in [-0.2, 0) is 16.0 Å². The number of hydrogen-bond acceptors (Lipinski definition) is 3. The van der Waals surface area contributed by atoms with E-state index < -0.39 is 0 Å². The van der Waals surface area contributed by atoms with Crippen LogP contribution < -0.4 is 11.1 Å². The molecule has 20 heavy (non-hydrogen) atoms. The van der Waals surface area contributed by atoms with Gasteiger partial charge in [-0.1, -0.05) is 36.5 Å². The van der Waals surface area contributed by atoms with Crippen LogP contribution in [0.15, 0.2) is 24.3 Å². The average Bonchev–Trinajstić information content (AvgIpc) is 2.38. The quantitative estimate of drug-likeness (QED) is 0.781. The molecule has 0 radical (unpaired) electrons. The van der Waals surface area contributed by atoms with Crippen molar-refractivity contribution in [1.29, 1.82) is 0 Å². The van der Waals surface area contributed by atoms with Gasteiger partial charge in [0, 0.05) is 19.2 Å². The third kappa shape index (κ3) is 3.55. The molecule has 0 aromatic heterocycles. The number of rotatable bonds is 6. The van der Waals surface area contributed by atoms with Gasteiger partial charge in [-0.15, -0.1) is 0 Å². The lowest BCUT2D eigenvalue weighted by Gasteiger charge is -2.40. The van der Waals surface area contributed by atoms with E-state index in [0.29, 0.717) is 18.0 Å². The summed E-state index contributed by atoms with van der Waals surface area (Å²) in [7, 11) is 1.71. The average molecular weight is 292 g/mol. The summed E-state index contributed by atoms with van der Waals surface area (Å²) in [5.74, 6) is 0.0106. The van der Waals surface area contributed by atoms with E-state index in [-0.39, 0.29) is 11.5 Å². The number of thiocarbonyl (C=S) groups is 1. The van der Waals surface area contributed by atoms with Crippen LogP contribution in [0.3, 0.4) is 0 Å². The van der Waals surface area contributed by atoms with E-state index in [1.807, 2.05) is 24.3 Å². The molecule has 0 spiro atoms. The van der Waals surface area contributed by atoms with Crippen molar-refractivity contribution in [2.24, 2.45) is 5.73 Å². The van der Waals surface area contributed by atoms with Gasteiger partial charge in [-0.2, -0.15) is 0 Å². The Hall–Kier alpha value is -1.46. The van der Waals surface area contributed by atoms with Crippen molar-refractivity contribution in [1.82, 2.24) is 5.32 Å². The Bertz CT molecular complexity index is 490. The molecule has 0 aliphatic heterocycles. The topological polar surface area (TPSA) is 64.3 Å². The summed E-state index contributed by atoms with van der Waals surface area (Å²) in [5, 5.41) is 2.95. The number of benzene rings is 1. The maximum Gasteiger partial charge on any atom is 0.224 e. The summed E-state index contributed by atoms with van der Waals surface area (Å²) in [6.07, 6.45) is 3.57. The van der Waals surface area contributed by atoms with Crippen molar-refractivity contribution in [3.8, 4) is 0 Å². The maximum atomic E-state index is 11.9. The Morgan fingerprint density at radius 1 is 1.40 bits per heavy atom. The monoisotopic (exact) mass is 292 g/mol. The summed E-state index contributed by atoms with van der Waals surface area (Å²) in [6, 6.07) is 7.44. The molecular weight excluding hydrogens is 272 g/mol. The third-order valence-electron chi connectivity index (χ3n) is 3.91. The number of methoxy groups -OCH3 is 1. The predicted molar refractivity (Wildman–Crippen MR) is 82.6 cm³/mol. The van der Waals surface area contributed by atoms with Crippen LogP contribution in [-0.4, -0.2) is 30.2 Å². The standard InChI is InChI=1S/C15H20N2O2S/c1-19-15(7-2-8-15)10-17-13(18)9-11-3-5-12(6-4-11)14(16)20/h3-6H,2,7-10H2,1H3,(H2,16,20)(H,17,18). The minimum atomic E-state index is -0.134. The molecule has 1 aliphatic carbocycles. The number of nitrogens with two attached hydrogens (primary N) is 1. The Balaban J connectivity index is 1.83. The minimum Gasteiger partial charge on any atom is -0.389 e.